The van der Waals surface area contributed by atoms with Crippen LogP contribution in [0.5, 0.6) is 0 Å². The molecule has 0 spiro atoms. The highest BCUT2D eigenvalue weighted by atomic mass is 32.2. The van der Waals surface area contributed by atoms with Gasteiger partial charge in [-0.1, -0.05) is 26.0 Å². The van der Waals surface area contributed by atoms with E-state index in [1.807, 2.05) is 27.7 Å². The molecule has 1 fully saturated rings. The fraction of sp³-hybridized carbons (Fsp3) is 0.556. The Balaban J connectivity index is 2.11. The fourth-order valence-corrected chi connectivity index (χ4v) is 4.11. The van der Waals surface area contributed by atoms with E-state index in [1.54, 1.807) is 33.7 Å². The van der Waals surface area contributed by atoms with Crippen LogP contribution in [-0.4, -0.2) is 46.5 Å². The predicted octanol–water partition coefficient (Wildman–Crippen LogP) is 3.29. The van der Waals surface area contributed by atoms with Crippen molar-refractivity contribution in [1.29, 1.82) is 0 Å². The molecular formula is C18H25FN2O2S. The van der Waals surface area contributed by atoms with Crippen molar-refractivity contribution in [2.45, 2.75) is 38.3 Å². The van der Waals surface area contributed by atoms with E-state index in [0.717, 1.165) is 5.56 Å². The van der Waals surface area contributed by atoms with Gasteiger partial charge >= 0.3 is 0 Å². The summed E-state index contributed by atoms with van der Waals surface area (Å²) in [4.78, 5) is 28.3. The summed E-state index contributed by atoms with van der Waals surface area (Å²) in [7, 11) is 0. The number of thioether (sulfide) groups is 1. The lowest BCUT2D eigenvalue weighted by Gasteiger charge is -2.29. The minimum atomic E-state index is -0.285. The lowest BCUT2D eigenvalue weighted by atomic mass is 10.2. The summed E-state index contributed by atoms with van der Waals surface area (Å²) in [6.45, 7) is 9.23. The first-order valence-electron chi connectivity index (χ1n) is 8.35. The first-order valence-corrected chi connectivity index (χ1v) is 9.29. The Morgan fingerprint density at radius 1 is 1.33 bits per heavy atom. The van der Waals surface area contributed by atoms with Crippen molar-refractivity contribution in [3.8, 4) is 0 Å². The largest absolute Gasteiger partial charge is 0.341 e. The second-order valence-corrected chi connectivity index (χ2v) is 7.71. The van der Waals surface area contributed by atoms with Crippen LogP contribution in [-0.2, 0) is 9.59 Å². The van der Waals surface area contributed by atoms with Crippen LogP contribution in [0.1, 0.15) is 38.6 Å². The maximum absolute atomic E-state index is 13.2. The Kier molecular flexibility index (Phi) is 6.27. The minimum Gasteiger partial charge on any atom is -0.341 e. The third-order valence-electron chi connectivity index (χ3n) is 4.20. The standard InChI is InChI=1S/C18H25FN2O2S/c1-5-20(16(22)12(2)3)10-11-21-17(23)13(4)24-18(21)14-6-8-15(19)9-7-14/h6-9,12-13,18H,5,10-11H2,1-4H3/t13-,18+/m1/s1. The molecule has 0 bridgehead atoms. The van der Waals surface area contributed by atoms with E-state index < -0.39 is 0 Å². The molecule has 4 nitrogen and oxygen atoms in total. The Bertz CT molecular complexity index is 591. The van der Waals surface area contributed by atoms with Gasteiger partial charge in [0.1, 0.15) is 11.2 Å². The molecule has 0 radical (unpaired) electrons. The van der Waals surface area contributed by atoms with Gasteiger partial charge in [0.15, 0.2) is 0 Å². The van der Waals surface area contributed by atoms with Crippen LogP contribution in [0.2, 0.25) is 0 Å². The molecule has 2 atom stereocenters. The third-order valence-corrected chi connectivity index (χ3v) is 5.59. The van der Waals surface area contributed by atoms with E-state index in [-0.39, 0.29) is 34.2 Å². The van der Waals surface area contributed by atoms with Crippen molar-refractivity contribution in [2.75, 3.05) is 19.6 Å². The van der Waals surface area contributed by atoms with Crippen molar-refractivity contribution in [2.24, 2.45) is 5.92 Å². The molecule has 6 heteroatoms. The van der Waals surface area contributed by atoms with Gasteiger partial charge < -0.3 is 9.80 Å². The minimum absolute atomic E-state index is 0.0552. The molecule has 2 amide bonds. The Morgan fingerprint density at radius 2 is 1.96 bits per heavy atom. The summed E-state index contributed by atoms with van der Waals surface area (Å²) in [5.41, 5.74) is 0.914. The van der Waals surface area contributed by atoms with Gasteiger partial charge in [-0.25, -0.2) is 4.39 Å². The van der Waals surface area contributed by atoms with E-state index in [0.29, 0.717) is 19.6 Å². The summed E-state index contributed by atoms with van der Waals surface area (Å²) in [6, 6.07) is 6.29. The lowest BCUT2D eigenvalue weighted by Crippen LogP contribution is -2.42. The summed E-state index contributed by atoms with van der Waals surface area (Å²) >= 11 is 1.57. The highest BCUT2D eigenvalue weighted by Crippen LogP contribution is 2.42. The number of carbonyl (C=O) groups is 2. The number of likely N-dealkylation sites (N-methyl/N-ethyl adjacent to an activating group) is 1. The number of hydrogen-bond donors (Lipinski definition) is 0. The summed E-state index contributed by atoms with van der Waals surface area (Å²) in [6.07, 6.45) is 0. The van der Waals surface area contributed by atoms with Gasteiger partial charge in [0.05, 0.1) is 5.25 Å². The number of halogens is 1. The van der Waals surface area contributed by atoms with E-state index >= 15 is 0 Å². The fourth-order valence-electron chi connectivity index (χ4n) is 2.81. The maximum atomic E-state index is 13.2. The van der Waals surface area contributed by atoms with Crippen LogP contribution in [0.25, 0.3) is 0 Å². The molecule has 1 aromatic rings. The van der Waals surface area contributed by atoms with Gasteiger partial charge in [0, 0.05) is 25.6 Å². The summed E-state index contributed by atoms with van der Waals surface area (Å²) in [5.74, 6) is -0.168. The zero-order valence-corrected chi connectivity index (χ0v) is 15.5. The number of rotatable bonds is 6. The van der Waals surface area contributed by atoms with Crippen molar-refractivity contribution in [3.63, 3.8) is 0 Å². The Morgan fingerprint density at radius 3 is 2.50 bits per heavy atom. The second kappa shape index (κ2) is 8.01. The smallest absolute Gasteiger partial charge is 0.236 e. The third kappa shape index (κ3) is 4.09. The first-order chi connectivity index (χ1) is 11.3. The van der Waals surface area contributed by atoms with Gasteiger partial charge in [-0.2, -0.15) is 0 Å². The first kappa shape index (κ1) is 18.8. The highest BCUT2D eigenvalue weighted by Gasteiger charge is 2.38. The van der Waals surface area contributed by atoms with E-state index in [1.165, 1.54) is 12.1 Å². The normalized spacial score (nSPS) is 20.8. The zero-order chi connectivity index (χ0) is 17.9. The molecular weight excluding hydrogens is 327 g/mol. The molecule has 132 valence electrons. The number of amides is 2. The van der Waals surface area contributed by atoms with Crippen molar-refractivity contribution < 1.29 is 14.0 Å². The maximum Gasteiger partial charge on any atom is 0.236 e. The quantitative estimate of drug-likeness (QED) is 0.789. The average Bonchev–Trinajstić information content (AvgIpc) is 2.84. The van der Waals surface area contributed by atoms with Gasteiger partial charge in [-0.05, 0) is 31.5 Å². The SMILES string of the molecule is CCN(CCN1C(=O)[C@@H](C)S[C@H]1c1ccc(F)cc1)C(=O)C(C)C. The molecule has 0 N–H and O–H groups in total. The number of carbonyl (C=O) groups excluding carboxylic acids is 2. The second-order valence-electron chi connectivity index (χ2n) is 6.29. The van der Waals surface area contributed by atoms with Crippen LogP contribution in [0.4, 0.5) is 4.39 Å². The number of hydrogen-bond acceptors (Lipinski definition) is 3. The van der Waals surface area contributed by atoms with Gasteiger partial charge in [0.2, 0.25) is 11.8 Å². The van der Waals surface area contributed by atoms with Crippen LogP contribution >= 0.6 is 11.8 Å². The van der Waals surface area contributed by atoms with Gasteiger partial charge in [-0.15, -0.1) is 11.8 Å². The molecule has 0 aromatic heterocycles. The molecule has 1 aromatic carbocycles. The van der Waals surface area contributed by atoms with Crippen LogP contribution in [0, 0.1) is 11.7 Å². The van der Waals surface area contributed by atoms with Crippen molar-refractivity contribution >= 4 is 23.6 Å². The molecule has 0 aliphatic carbocycles. The Labute approximate surface area is 147 Å². The molecule has 0 saturated carbocycles. The van der Waals surface area contributed by atoms with Gasteiger partial charge in [-0.3, -0.25) is 9.59 Å². The molecule has 1 saturated heterocycles. The molecule has 2 rings (SSSR count). The Hall–Kier alpha value is -1.56. The van der Waals surface area contributed by atoms with Crippen LogP contribution in [0.3, 0.4) is 0 Å². The van der Waals surface area contributed by atoms with E-state index in [9.17, 15) is 14.0 Å². The number of benzene rings is 1. The van der Waals surface area contributed by atoms with E-state index in [4.69, 9.17) is 0 Å². The highest BCUT2D eigenvalue weighted by molar-refractivity contribution is 8.01. The molecule has 0 unspecified atom stereocenters. The molecule has 24 heavy (non-hydrogen) atoms. The van der Waals surface area contributed by atoms with Gasteiger partial charge in [0.25, 0.3) is 0 Å². The molecule has 1 aliphatic rings. The zero-order valence-electron chi connectivity index (χ0n) is 14.7. The summed E-state index contributed by atoms with van der Waals surface area (Å²) < 4.78 is 13.2. The molecule has 1 heterocycles. The predicted molar refractivity (Wildman–Crippen MR) is 95.0 cm³/mol. The van der Waals surface area contributed by atoms with Crippen molar-refractivity contribution in [3.05, 3.63) is 35.6 Å². The summed E-state index contributed by atoms with van der Waals surface area (Å²) in [5, 5.41) is -0.253. The molecule has 1 aliphatic heterocycles. The number of nitrogens with zero attached hydrogens (tertiary/aromatic N) is 2. The lowest BCUT2D eigenvalue weighted by molar-refractivity contribution is -0.136. The van der Waals surface area contributed by atoms with Crippen LogP contribution in [0.15, 0.2) is 24.3 Å². The van der Waals surface area contributed by atoms with Crippen molar-refractivity contribution in [1.82, 2.24) is 9.80 Å². The van der Waals surface area contributed by atoms with E-state index in [2.05, 4.69) is 0 Å². The van der Waals surface area contributed by atoms with Crippen LogP contribution < -0.4 is 0 Å². The average molecular weight is 352 g/mol. The topological polar surface area (TPSA) is 40.6 Å². The monoisotopic (exact) mass is 352 g/mol.